The van der Waals surface area contributed by atoms with Crippen LogP contribution in [0.3, 0.4) is 0 Å². The number of aryl methyl sites for hydroxylation is 1. The number of benzene rings is 2. The molecule has 2 aromatic carbocycles. The Hall–Kier alpha value is -2.83. The highest BCUT2D eigenvalue weighted by Gasteiger charge is 2.16. The molecule has 1 heterocycles. The number of oxime groups is 2. The molecule has 0 radical (unpaired) electrons. The fraction of sp³-hybridized carbons (Fsp3) is 0.190. The topological polar surface area (TPSA) is 61.0 Å². The van der Waals surface area contributed by atoms with E-state index in [4.69, 9.17) is 32.9 Å². The number of hydrogen-bond donors (Lipinski definition) is 0. The summed E-state index contributed by atoms with van der Waals surface area (Å²) in [6.07, 6.45) is 4.89. The second-order valence-electron chi connectivity index (χ2n) is 6.23. The summed E-state index contributed by atoms with van der Waals surface area (Å²) >= 11 is 12.0. The number of aromatic nitrogens is 2. The number of halogens is 2. The van der Waals surface area contributed by atoms with Gasteiger partial charge in [-0.1, -0.05) is 63.8 Å². The molecule has 0 spiro atoms. The Kier molecular flexibility index (Phi) is 6.90. The SMILES string of the molecule is CO/N=C(\c1ccccc1/C=N/OC(C)c1ccc(Cl)c(Cl)c1)c1nccn1C. The molecule has 6 nitrogen and oxygen atoms in total. The van der Waals surface area contributed by atoms with E-state index in [0.29, 0.717) is 21.6 Å². The van der Waals surface area contributed by atoms with Crippen LogP contribution in [0.15, 0.2) is 65.2 Å². The van der Waals surface area contributed by atoms with E-state index < -0.39 is 0 Å². The van der Waals surface area contributed by atoms with Gasteiger partial charge in [0.05, 0.1) is 16.3 Å². The lowest BCUT2D eigenvalue weighted by atomic mass is 10.0. The van der Waals surface area contributed by atoms with Gasteiger partial charge in [0.2, 0.25) is 0 Å². The molecule has 1 aromatic heterocycles. The van der Waals surface area contributed by atoms with Gasteiger partial charge in [0, 0.05) is 30.6 Å². The fourth-order valence-electron chi connectivity index (χ4n) is 2.73. The monoisotopic (exact) mass is 430 g/mol. The second-order valence-corrected chi connectivity index (χ2v) is 7.04. The second kappa shape index (κ2) is 9.58. The van der Waals surface area contributed by atoms with Crippen LogP contribution in [0.1, 0.15) is 35.5 Å². The van der Waals surface area contributed by atoms with E-state index in [1.807, 2.05) is 55.1 Å². The first-order chi connectivity index (χ1) is 14.0. The van der Waals surface area contributed by atoms with Crippen molar-refractivity contribution >= 4 is 35.1 Å². The molecule has 0 saturated carbocycles. The zero-order valence-corrected chi connectivity index (χ0v) is 17.7. The molecule has 0 aliphatic rings. The predicted molar refractivity (Wildman–Crippen MR) is 116 cm³/mol. The first-order valence-electron chi connectivity index (χ1n) is 8.83. The predicted octanol–water partition coefficient (Wildman–Crippen LogP) is 5.24. The highest BCUT2D eigenvalue weighted by molar-refractivity contribution is 6.42. The summed E-state index contributed by atoms with van der Waals surface area (Å²) in [6, 6.07) is 13.0. The van der Waals surface area contributed by atoms with Crippen LogP contribution in [0, 0.1) is 0 Å². The van der Waals surface area contributed by atoms with Crippen molar-refractivity contribution in [1.29, 1.82) is 0 Å². The van der Waals surface area contributed by atoms with E-state index >= 15 is 0 Å². The van der Waals surface area contributed by atoms with Gasteiger partial charge in [-0.3, -0.25) is 0 Å². The minimum absolute atomic E-state index is 0.296. The van der Waals surface area contributed by atoms with Gasteiger partial charge in [0.1, 0.15) is 13.2 Å². The van der Waals surface area contributed by atoms with Crippen LogP contribution in [-0.2, 0) is 16.7 Å². The zero-order valence-electron chi connectivity index (χ0n) is 16.2. The van der Waals surface area contributed by atoms with Crippen LogP contribution in [0.2, 0.25) is 10.0 Å². The van der Waals surface area contributed by atoms with Crippen LogP contribution in [0.5, 0.6) is 0 Å². The molecule has 0 saturated heterocycles. The summed E-state index contributed by atoms with van der Waals surface area (Å²) in [5, 5.41) is 9.30. The zero-order chi connectivity index (χ0) is 20.8. The third kappa shape index (κ3) is 4.96. The van der Waals surface area contributed by atoms with Crippen LogP contribution >= 0.6 is 23.2 Å². The van der Waals surface area contributed by atoms with Crippen molar-refractivity contribution in [3.8, 4) is 0 Å². The minimum atomic E-state index is -0.296. The average Bonchev–Trinajstić information content (AvgIpc) is 3.14. The minimum Gasteiger partial charge on any atom is -0.399 e. The lowest BCUT2D eigenvalue weighted by Gasteiger charge is -2.11. The van der Waals surface area contributed by atoms with E-state index in [1.165, 1.54) is 7.11 Å². The normalized spacial score (nSPS) is 12.9. The van der Waals surface area contributed by atoms with E-state index in [1.54, 1.807) is 24.5 Å². The van der Waals surface area contributed by atoms with E-state index in [2.05, 4.69) is 15.3 Å². The van der Waals surface area contributed by atoms with Gasteiger partial charge in [0.15, 0.2) is 11.5 Å². The van der Waals surface area contributed by atoms with E-state index in [-0.39, 0.29) is 6.10 Å². The van der Waals surface area contributed by atoms with Crippen molar-refractivity contribution in [3.63, 3.8) is 0 Å². The summed E-state index contributed by atoms with van der Waals surface area (Å²) < 4.78 is 1.87. The average molecular weight is 431 g/mol. The maximum atomic E-state index is 6.08. The van der Waals surface area contributed by atoms with Gasteiger partial charge in [-0.15, -0.1) is 0 Å². The molecule has 3 aromatic rings. The molecule has 0 fully saturated rings. The van der Waals surface area contributed by atoms with Crippen LogP contribution in [0.25, 0.3) is 0 Å². The standard InChI is InChI=1S/C21H20Cl2N4O2/c1-14(15-8-9-18(22)19(23)12-15)29-25-13-16-6-4-5-7-17(16)20(26-28-3)21-24-10-11-27(21)2/h4-14H,1-3H3/b25-13+,26-20+. The lowest BCUT2D eigenvalue weighted by molar-refractivity contribution is 0.0736. The molecule has 29 heavy (non-hydrogen) atoms. The summed E-state index contributed by atoms with van der Waals surface area (Å²) in [7, 11) is 3.40. The fourth-order valence-corrected chi connectivity index (χ4v) is 3.03. The summed E-state index contributed by atoms with van der Waals surface area (Å²) in [5.74, 6) is 0.679. The number of nitrogens with zero attached hydrogens (tertiary/aromatic N) is 4. The van der Waals surface area contributed by atoms with Gasteiger partial charge >= 0.3 is 0 Å². The highest BCUT2D eigenvalue weighted by atomic mass is 35.5. The molecule has 1 unspecified atom stereocenters. The Morgan fingerprint density at radius 2 is 1.97 bits per heavy atom. The third-order valence-electron chi connectivity index (χ3n) is 4.26. The molecule has 1 atom stereocenters. The molecule has 0 aliphatic carbocycles. The lowest BCUT2D eigenvalue weighted by Crippen LogP contribution is -2.13. The number of imidazole rings is 1. The third-order valence-corrected chi connectivity index (χ3v) is 4.99. The first-order valence-corrected chi connectivity index (χ1v) is 9.59. The van der Waals surface area contributed by atoms with Gasteiger partial charge in [-0.25, -0.2) is 4.98 Å². The summed E-state index contributed by atoms with van der Waals surface area (Å²) in [5.41, 5.74) is 3.10. The van der Waals surface area contributed by atoms with Crippen molar-refractivity contribution in [2.75, 3.05) is 7.11 Å². The summed E-state index contributed by atoms with van der Waals surface area (Å²) in [4.78, 5) is 15.0. The van der Waals surface area contributed by atoms with E-state index in [9.17, 15) is 0 Å². The number of rotatable bonds is 7. The Bertz CT molecular complexity index is 1050. The van der Waals surface area contributed by atoms with Crippen LogP contribution < -0.4 is 0 Å². The van der Waals surface area contributed by atoms with Crippen molar-refractivity contribution < 1.29 is 9.68 Å². The van der Waals surface area contributed by atoms with Gasteiger partial charge in [-0.05, 0) is 24.6 Å². The molecule has 150 valence electrons. The maximum absolute atomic E-state index is 6.08. The van der Waals surface area contributed by atoms with Crippen molar-refractivity contribution in [1.82, 2.24) is 9.55 Å². The Balaban J connectivity index is 1.84. The maximum Gasteiger partial charge on any atom is 0.162 e. The highest BCUT2D eigenvalue weighted by Crippen LogP contribution is 2.27. The Morgan fingerprint density at radius 1 is 1.17 bits per heavy atom. The number of hydrogen-bond acceptors (Lipinski definition) is 5. The Morgan fingerprint density at radius 3 is 2.66 bits per heavy atom. The van der Waals surface area contributed by atoms with Crippen molar-refractivity contribution in [2.45, 2.75) is 13.0 Å². The van der Waals surface area contributed by atoms with Crippen molar-refractivity contribution in [2.24, 2.45) is 17.4 Å². The molecule has 3 rings (SSSR count). The van der Waals surface area contributed by atoms with Gasteiger partial charge < -0.3 is 14.2 Å². The molecule has 0 amide bonds. The largest absolute Gasteiger partial charge is 0.399 e. The molecule has 0 bridgehead atoms. The Labute approximate surface area is 179 Å². The van der Waals surface area contributed by atoms with Crippen molar-refractivity contribution in [3.05, 3.63) is 87.4 Å². The molecule has 8 heteroatoms. The smallest absolute Gasteiger partial charge is 0.162 e. The quantitative estimate of drug-likeness (QED) is 0.380. The molecular formula is C21H20Cl2N4O2. The van der Waals surface area contributed by atoms with Crippen LogP contribution in [-0.4, -0.2) is 28.6 Å². The first kappa shape index (κ1) is 20.9. The van der Waals surface area contributed by atoms with Gasteiger partial charge in [-0.2, -0.15) is 0 Å². The molecule has 0 N–H and O–H groups in total. The molecule has 0 aliphatic heterocycles. The molecular weight excluding hydrogens is 411 g/mol. The van der Waals surface area contributed by atoms with Crippen LogP contribution in [0.4, 0.5) is 0 Å². The summed E-state index contributed by atoms with van der Waals surface area (Å²) in [6.45, 7) is 1.88. The van der Waals surface area contributed by atoms with E-state index in [0.717, 1.165) is 16.7 Å². The van der Waals surface area contributed by atoms with Gasteiger partial charge in [0.25, 0.3) is 0 Å².